The first-order valence-corrected chi connectivity index (χ1v) is 13.4. The lowest BCUT2D eigenvalue weighted by molar-refractivity contribution is -0.148. The van der Waals surface area contributed by atoms with Gasteiger partial charge in [-0.2, -0.15) is 0 Å². The molecule has 4 saturated carbocycles. The molecular weight excluding hydrogens is 368 g/mol. The zero-order chi connectivity index (χ0) is 21.9. The van der Waals surface area contributed by atoms with Gasteiger partial charge in [0, 0.05) is 0 Å². The van der Waals surface area contributed by atoms with Crippen LogP contribution in [0.2, 0.25) is 0 Å². The highest BCUT2D eigenvalue weighted by molar-refractivity contribution is 5.10. The molecule has 0 aromatic carbocycles. The van der Waals surface area contributed by atoms with Gasteiger partial charge in [-0.05, 0) is 137 Å². The summed E-state index contributed by atoms with van der Waals surface area (Å²) in [7, 11) is 0. The molecule has 0 saturated heterocycles. The van der Waals surface area contributed by atoms with Gasteiger partial charge in [0.2, 0.25) is 0 Å². The van der Waals surface area contributed by atoms with Crippen LogP contribution in [0.25, 0.3) is 0 Å². The van der Waals surface area contributed by atoms with Crippen molar-refractivity contribution in [3.8, 4) is 0 Å². The molecule has 0 unspecified atom stereocenters. The summed E-state index contributed by atoms with van der Waals surface area (Å²) in [5.74, 6) is 5.03. The smallest absolute Gasteiger partial charge is 0.0622 e. The summed E-state index contributed by atoms with van der Waals surface area (Å²) in [5, 5.41) is 21.2. The highest BCUT2D eigenvalue weighted by atomic mass is 16.3. The summed E-state index contributed by atoms with van der Waals surface area (Å²) < 4.78 is 0. The van der Waals surface area contributed by atoms with Crippen molar-refractivity contribution in [3.05, 3.63) is 0 Å². The molecule has 2 nitrogen and oxygen atoms in total. The molecule has 0 heterocycles. The molecule has 0 bridgehead atoms. The lowest BCUT2D eigenvalue weighted by atomic mass is 9.43. The fourth-order valence-corrected chi connectivity index (χ4v) is 9.32. The quantitative estimate of drug-likeness (QED) is 0.506. The van der Waals surface area contributed by atoms with E-state index in [4.69, 9.17) is 0 Å². The highest BCUT2D eigenvalue weighted by Crippen LogP contribution is 2.68. The Labute approximate surface area is 186 Å². The second-order valence-electron chi connectivity index (χ2n) is 13.5. The van der Waals surface area contributed by atoms with Crippen LogP contribution in [0.15, 0.2) is 0 Å². The van der Waals surface area contributed by atoms with E-state index in [1.54, 1.807) is 0 Å². The van der Waals surface area contributed by atoms with Gasteiger partial charge in [0.15, 0.2) is 0 Å². The molecule has 0 aromatic rings. The summed E-state index contributed by atoms with van der Waals surface area (Å²) in [4.78, 5) is 0. The predicted molar refractivity (Wildman–Crippen MR) is 125 cm³/mol. The van der Waals surface area contributed by atoms with Gasteiger partial charge < -0.3 is 10.2 Å². The van der Waals surface area contributed by atoms with Crippen molar-refractivity contribution in [1.82, 2.24) is 0 Å². The Kier molecular flexibility index (Phi) is 5.97. The molecule has 0 aromatic heterocycles. The van der Waals surface area contributed by atoms with Crippen molar-refractivity contribution in [1.29, 1.82) is 0 Å². The SMILES string of the molecule is CC[C@](C)(O)CC[C@@H](C)[C@H]1CC[C@H]2[C@@H]3CC[C@H]4C[C@@](C)(O)CC[C@]4(C)[C@H]3CC[C@]12C. The number of fused-ring (bicyclic) bond motifs is 5. The average Bonchev–Trinajstić information content (AvgIpc) is 3.04. The Morgan fingerprint density at radius 3 is 2.33 bits per heavy atom. The van der Waals surface area contributed by atoms with Gasteiger partial charge in [-0.3, -0.25) is 0 Å². The van der Waals surface area contributed by atoms with Crippen LogP contribution in [0, 0.1) is 46.3 Å². The van der Waals surface area contributed by atoms with Crippen molar-refractivity contribution < 1.29 is 10.2 Å². The van der Waals surface area contributed by atoms with Crippen molar-refractivity contribution in [2.24, 2.45) is 46.3 Å². The Bertz CT molecular complexity index is 624. The third-order valence-electron chi connectivity index (χ3n) is 11.6. The maximum Gasteiger partial charge on any atom is 0.0622 e. The number of rotatable bonds is 5. The Morgan fingerprint density at radius 2 is 1.63 bits per heavy atom. The average molecular weight is 419 g/mol. The van der Waals surface area contributed by atoms with Gasteiger partial charge in [-0.25, -0.2) is 0 Å². The lowest BCUT2D eigenvalue weighted by Crippen LogP contribution is -2.55. The summed E-state index contributed by atoms with van der Waals surface area (Å²) in [6.07, 6.45) is 14.7. The zero-order valence-corrected chi connectivity index (χ0v) is 20.8. The Balaban J connectivity index is 1.48. The van der Waals surface area contributed by atoms with E-state index < -0.39 is 11.2 Å². The topological polar surface area (TPSA) is 40.5 Å². The molecule has 0 amide bonds. The monoisotopic (exact) mass is 418 g/mol. The van der Waals surface area contributed by atoms with E-state index >= 15 is 0 Å². The van der Waals surface area contributed by atoms with Crippen molar-refractivity contribution in [2.75, 3.05) is 0 Å². The maximum absolute atomic E-state index is 10.7. The van der Waals surface area contributed by atoms with E-state index in [1.807, 2.05) is 6.92 Å². The molecule has 4 aliphatic carbocycles. The van der Waals surface area contributed by atoms with Crippen LogP contribution in [0.5, 0.6) is 0 Å². The molecule has 0 aliphatic heterocycles. The lowest BCUT2D eigenvalue weighted by Gasteiger charge is -2.62. The van der Waals surface area contributed by atoms with E-state index in [0.29, 0.717) is 10.8 Å². The van der Waals surface area contributed by atoms with Crippen LogP contribution in [0.1, 0.15) is 119 Å². The van der Waals surface area contributed by atoms with Crippen LogP contribution in [0.4, 0.5) is 0 Å². The first kappa shape index (κ1) is 23.1. The second-order valence-corrected chi connectivity index (χ2v) is 13.5. The molecule has 2 N–H and O–H groups in total. The minimum absolute atomic E-state index is 0.423. The van der Waals surface area contributed by atoms with Crippen LogP contribution in [-0.2, 0) is 0 Å². The standard InChI is InChI=1S/C28H50O2/c1-7-25(3,29)14-12-19(2)22-10-11-23-21-9-8-20-18-26(4,30)16-17-27(20,5)24(21)13-15-28(22,23)6/h19-24,29-30H,7-18H2,1-6H3/t19-,20+,21+,22-,23+,24+,25+,26+,27+,28-/m1/s1. The van der Waals surface area contributed by atoms with Crippen LogP contribution < -0.4 is 0 Å². The van der Waals surface area contributed by atoms with E-state index in [-0.39, 0.29) is 0 Å². The first-order chi connectivity index (χ1) is 13.9. The number of hydrogen-bond acceptors (Lipinski definition) is 2. The molecule has 30 heavy (non-hydrogen) atoms. The van der Waals surface area contributed by atoms with E-state index in [1.165, 1.54) is 51.4 Å². The van der Waals surface area contributed by atoms with Crippen molar-refractivity contribution in [2.45, 2.75) is 130 Å². The molecule has 4 aliphatic rings. The fraction of sp³-hybridized carbons (Fsp3) is 1.00. The van der Waals surface area contributed by atoms with E-state index in [9.17, 15) is 10.2 Å². The molecule has 4 fully saturated rings. The first-order valence-electron chi connectivity index (χ1n) is 13.4. The third kappa shape index (κ3) is 3.81. The van der Waals surface area contributed by atoms with E-state index in [0.717, 1.165) is 61.2 Å². The molecule has 0 radical (unpaired) electrons. The molecule has 2 heteroatoms. The summed E-state index contributed by atoms with van der Waals surface area (Å²) >= 11 is 0. The van der Waals surface area contributed by atoms with E-state index in [2.05, 4.69) is 34.6 Å². The summed E-state index contributed by atoms with van der Waals surface area (Å²) in [5.41, 5.74) is 0.0752. The number of aliphatic hydroxyl groups is 2. The van der Waals surface area contributed by atoms with Gasteiger partial charge >= 0.3 is 0 Å². The molecule has 10 atom stereocenters. The third-order valence-corrected chi connectivity index (χ3v) is 11.6. The van der Waals surface area contributed by atoms with Gasteiger partial charge in [-0.15, -0.1) is 0 Å². The van der Waals surface area contributed by atoms with Crippen LogP contribution >= 0.6 is 0 Å². The van der Waals surface area contributed by atoms with Crippen molar-refractivity contribution >= 4 is 0 Å². The van der Waals surface area contributed by atoms with Gasteiger partial charge in [0.05, 0.1) is 11.2 Å². The molecule has 4 rings (SSSR count). The highest BCUT2D eigenvalue weighted by Gasteiger charge is 2.61. The predicted octanol–water partition coefficient (Wildman–Crippen LogP) is 6.97. The fourth-order valence-electron chi connectivity index (χ4n) is 9.32. The van der Waals surface area contributed by atoms with Gasteiger partial charge in [0.1, 0.15) is 0 Å². The molecular formula is C28H50O2. The molecule has 0 spiro atoms. The van der Waals surface area contributed by atoms with Crippen molar-refractivity contribution in [3.63, 3.8) is 0 Å². The van der Waals surface area contributed by atoms with Gasteiger partial charge in [0.25, 0.3) is 0 Å². The summed E-state index contributed by atoms with van der Waals surface area (Å²) in [6, 6.07) is 0. The van der Waals surface area contributed by atoms with Gasteiger partial charge in [-0.1, -0.05) is 27.7 Å². The maximum atomic E-state index is 10.7. The number of hydrogen-bond donors (Lipinski definition) is 2. The Morgan fingerprint density at radius 1 is 0.933 bits per heavy atom. The normalized spacial score (nSPS) is 51.4. The largest absolute Gasteiger partial charge is 0.390 e. The van der Waals surface area contributed by atoms with Crippen LogP contribution in [0.3, 0.4) is 0 Å². The minimum atomic E-state index is -0.486. The summed E-state index contributed by atoms with van der Waals surface area (Å²) in [6.45, 7) is 14.0. The molecule has 174 valence electrons. The second kappa shape index (κ2) is 7.75. The van der Waals surface area contributed by atoms with Crippen LogP contribution in [-0.4, -0.2) is 21.4 Å². The minimum Gasteiger partial charge on any atom is -0.390 e. The zero-order valence-electron chi connectivity index (χ0n) is 20.8. The Hall–Kier alpha value is -0.0800.